The van der Waals surface area contributed by atoms with Gasteiger partial charge in [0.15, 0.2) is 0 Å². The largest absolute Gasteiger partial charge is 0.346 e. The lowest BCUT2D eigenvalue weighted by Gasteiger charge is -2.37. The maximum absolute atomic E-state index is 12.3. The molecule has 1 unspecified atom stereocenters. The van der Waals surface area contributed by atoms with Gasteiger partial charge in [-0.3, -0.25) is 24.6 Å². The second-order valence-corrected chi connectivity index (χ2v) is 7.63. The lowest BCUT2D eigenvalue weighted by molar-refractivity contribution is -0.383. The van der Waals surface area contributed by atoms with E-state index in [1.807, 2.05) is 16.8 Å². The van der Waals surface area contributed by atoms with Gasteiger partial charge >= 0.3 is 11.8 Å². The summed E-state index contributed by atoms with van der Waals surface area (Å²) in [5.41, 5.74) is 0.826. The number of para-hydroxylation sites is 2. The average Bonchev–Trinajstić information content (AvgIpc) is 3.24. The number of likely N-dealkylation sites (N-methyl/N-ethyl adjacent to an activating group) is 1. The van der Waals surface area contributed by atoms with E-state index in [-0.39, 0.29) is 24.0 Å². The first-order valence-corrected chi connectivity index (χ1v) is 10.2. The standard InChI is InChI=1S/C19H23N5O4S/c1-22-7-9-23(10-8-22)17(14-6-11-29-13-14)12-20-18(25)19(26)21-15-4-2-3-5-16(15)24(27)28/h2-6,11,13,17H,7-10,12H2,1H3,(H,20,25)(H,21,26). The number of thiophene rings is 1. The van der Waals surface area contributed by atoms with Gasteiger partial charge in [0.2, 0.25) is 0 Å². The molecule has 1 aromatic carbocycles. The van der Waals surface area contributed by atoms with Crippen molar-refractivity contribution in [3.63, 3.8) is 0 Å². The fourth-order valence-corrected chi connectivity index (χ4v) is 3.95. The Bertz CT molecular complexity index is 865. The van der Waals surface area contributed by atoms with Crippen LogP contribution in [0, 0.1) is 10.1 Å². The second-order valence-electron chi connectivity index (χ2n) is 6.85. The molecule has 0 spiro atoms. The van der Waals surface area contributed by atoms with E-state index < -0.39 is 16.7 Å². The number of nitrogens with zero attached hydrogens (tertiary/aromatic N) is 3. The number of rotatable bonds is 6. The number of nitro benzene ring substituents is 1. The van der Waals surface area contributed by atoms with Crippen LogP contribution in [0.1, 0.15) is 11.6 Å². The van der Waals surface area contributed by atoms with Gasteiger partial charge in [-0.1, -0.05) is 12.1 Å². The fourth-order valence-electron chi connectivity index (χ4n) is 3.24. The summed E-state index contributed by atoms with van der Waals surface area (Å²) in [6.45, 7) is 3.90. The second kappa shape index (κ2) is 9.59. The van der Waals surface area contributed by atoms with Gasteiger partial charge in [-0.2, -0.15) is 11.3 Å². The summed E-state index contributed by atoms with van der Waals surface area (Å²) in [4.78, 5) is 39.6. The molecule has 10 heteroatoms. The molecule has 2 amide bonds. The van der Waals surface area contributed by atoms with Crippen molar-refractivity contribution < 1.29 is 14.5 Å². The Balaban J connectivity index is 1.63. The maximum atomic E-state index is 12.3. The summed E-state index contributed by atoms with van der Waals surface area (Å²) in [7, 11) is 2.08. The van der Waals surface area contributed by atoms with Gasteiger partial charge in [0.05, 0.1) is 11.0 Å². The minimum Gasteiger partial charge on any atom is -0.346 e. The third-order valence-electron chi connectivity index (χ3n) is 4.92. The third kappa shape index (κ3) is 5.37. The first-order valence-electron chi connectivity index (χ1n) is 9.23. The normalized spacial score (nSPS) is 16.2. The Morgan fingerprint density at radius 3 is 2.55 bits per heavy atom. The molecule has 0 radical (unpaired) electrons. The highest BCUT2D eigenvalue weighted by atomic mass is 32.1. The quantitative estimate of drug-likeness (QED) is 0.421. The van der Waals surface area contributed by atoms with Crippen LogP contribution < -0.4 is 10.6 Å². The zero-order valence-corrected chi connectivity index (χ0v) is 16.9. The number of benzene rings is 1. The van der Waals surface area contributed by atoms with Crippen molar-refractivity contribution in [1.82, 2.24) is 15.1 Å². The van der Waals surface area contributed by atoms with E-state index in [1.165, 1.54) is 18.2 Å². The number of carbonyl (C=O) groups is 2. The van der Waals surface area contributed by atoms with Crippen molar-refractivity contribution in [1.29, 1.82) is 0 Å². The van der Waals surface area contributed by atoms with Crippen molar-refractivity contribution >= 4 is 34.5 Å². The highest BCUT2D eigenvalue weighted by Crippen LogP contribution is 2.24. The number of nitrogens with one attached hydrogen (secondary N) is 2. The van der Waals surface area contributed by atoms with Crippen molar-refractivity contribution in [3.05, 3.63) is 56.8 Å². The Kier molecular flexibility index (Phi) is 6.91. The molecule has 0 saturated carbocycles. The smallest absolute Gasteiger partial charge is 0.313 e. The van der Waals surface area contributed by atoms with E-state index in [4.69, 9.17) is 0 Å². The monoisotopic (exact) mass is 417 g/mol. The summed E-state index contributed by atoms with van der Waals surface area (Å²) in [5, 5.41) is 20.1. The van der Waals surface area contributed by atoms with Crippen LogP contribution in [0.5, 0.6) is 0 Å². The molecule has 1 aromatic heterocycles. The predicted molar refractivity (Wildman–Crippen MR) is 111 cm³/mol. The maximum Gasteiger partial charge on any atom is 0.313 e. The molecule has 0 bridgehead atoms. The van der Waals surface area contributed by atoms with Crippen LogP contribution in [0.3, 0.4) is 0 Å². The fraction of sp³-hybridized carbons (Fsp3) is 0.368. The molecule has 1 atom stereocenters. The molecule has 1 aliphatic rings. The first kappa shape index (κ1) is 20.9. The van der Waals surface area contributed by atoms with Crippen molar-refractivity contribution in [2.45, 2.75) is 6.04 Å². The van der Waals surface area contributed by atoms with E-state index in [0.29, 0.717) is 0 Å². The molecule has 154 valence electrons. The van der Waals surface area contributed by atoms with Gasteiger partial charge in [0.1, 0.15) is 5.69 Å². The molecular weight excluding hydrogens is 394 g/mol. The predicted octanol–water partition coefficient (Wildman–Crippen LogP) is 1.70. The van der Waals surface area contributed by atoms with E-state index in [1.54, 1.807) is 17.4 Å². The number of nitro groups is 1. The van der Waals surface area contributed by atoms with Crippen LogP contribution in [0.15, 0.2) is 41.1 Å². The molecule has 1 saturated heterocycles. The summed E-state index contributed by atoms with van der Waals surface area (Å²) in [6, 6.07) is 7.70. The van der Waals surface area contributed by atoms with Gasteiger partial charge in [0.25, 0.3) is 5.69 Å². The molecule has 29 heavy (non-hydrogen) atoms. The molecule has 0 aliphatic carbocycles. The van der Waals surface area contributed by atoms with Crippen LogP contribution in [-0.4, -0.2) is 66.3 Å². The van der Waals surface area contributed by atoms with E-state index in [2.05, 4.69) is 27.5 Å². The minimum absolute atomic E-state index is 0.00824. The topological polar surface area (TPSA) is 108 Å². The highest BCUT2D eigenvalue weighted by molar-refractivity contribution is 7.08. The first-order chi connectivity index (χ1) is 14.0. The number of piperazine rings is 1. The van der Waals surface area contributed by atoms with E-state index in [0.717, 1.165) is 31.7 Å². The average molecular weight is 417 g/mol. The van der Waals surface area contributed by atoms with Crippen molar-refractivity contribution in [3.8, 4) is 0 Å². The van der Waals surface area contributed by atoms with Crippen LogP contribution >= 0.6 is 11.3 Å². The molecule has 1 fully saturated rings. The summed E-state index contributed by atoms with van der Waals surface area (Å²) in [6.07, 6.45) is 0. The van der Waals surface area contributed by atoms with Gasteiger partial charge in [-0.05, 0) is 35.5 Å². The SMILES string of the molecule is CN1CCN(C(CNC(=O)C(=O)Nc2ccccc2[N+](=O)[O-])c2ccsc2)CC1. The molecule has 1 aliphatic heterocycles. The molecule has 9 nitrogen and oxygen atoms in total. The number of hydrogen-bond acceptors (Lipinski definition) is 7. The Hall–Kier alpha value is -2.82. The van der Waals surface area contributed by atoms with Crippen LogP contribution in [0.4, 0.5) is 11.4 Å². The van der Waals surface area contributed by atoms with Crippen molar-refractivity contribution in [2.24, 2.45) is 0 Å². The van der Waals surface area contributed by atoms with Gasteiger partial charge in [-0.15, -0.1) is 0 Å². The lowest BCUT2D eigenvalue weighted by atomic mass is 10.1. The Labute approximate surface area is 172 Å². The molecule has 2 heterocycles. The Morgan fingerprint density at radius 2 is 1.90 bits per heavy atom. The minimum atomic E-state index is -0.929. The molecule has 2 aromatic rings. The number of anilines is 1. The zero-order valence-electron chi connectivity index (χ0n) is 16.0. The van der Waals surface area contributed by atoms with Crippen molar-refractivity contribution in [2.75, 3.05) is 45.1 Å². The summed E-state index contributed by atoms with van der Waals surface area (Å²) >= 11 is 1.59. The summed E-state index contributed by atoms with van der Waals surface area (Å²) in [5.74, 6) is -1.75. The van der Waals surface area contributed by atoms with Crippen LogP contribution in [-0.2, 0) is 9.59 Å². The van der Waals surface area contributed by atoms with Gasteiger partial charge < -0.3 is 15.5 Å². The van der Waals surface area contributed by atoms with Gasteiger partial charge in [0, 0.05) is 38.8 Å². The highest BCUT2D eigenvalue weighted by Gasteiger charge is 2.26. The number of carbonyl (C=O) groups excluding carboxylic acids is 2. The number of amides is 2. The van der Waals surface area contributed by atoms with Crippen LogP contribution in [0.2, 0.25) is 0 Å². The molecule has 2 N–H and O–H groups in total. The van der Waals surface area contributed by atoms with Gasteiger partial charge in [-0.25, -0.2) is 0 Å². The zero-order chi connectivity index (χ0) is 20.8. The number of hydrogen-bond donors (Lipinski definition) is 2. The van der Waals surface area contributed by atoms with E-state index >= 15 is 0 Å². The third-order valence-corrected chi connectivity index (χ3v) is 5.62. The van der Waals surface area contributed by atoms with Crippen LogP contribution in [0.25, 0.3) is 0 Å². The lowest BCUT2D eigenvalue weighted by Crippen LogP contribution is -2.49. The van der Waals surface area contributed by atoms with E-state index in [9.17, 15) is 19.7 Å². The summed E-state index contributed by atoms with van der Waals surface area (Å²) < 4.78 is 0. The molecule has 3 rings (SSSR count). The molecular formula is C19H23N5O4S. The Morgan fingerprint density at radius 1 is 1.17 bits per heavy atom.